The zero-order valence-electron chi connectivity index (χ0n) is 17.1. The molecule has 1 aliphatic rings. The lowest BCUT2D eigenvalue weighted by Crippen LogP contribution is -2.32. The molecule has 29 heavy (non-hydrogen) atoms. The average molecular weight is 438 g/mol. The van der Waals surface area contributed by atoms with Gasteiger partial charge in [-0.25, -0.2) is 4.98 Å². The molecule has 7 nitrogen and oxygen atoms in total. The van der Waals surface area contributed by atoms with E-state index in [-0.39, 0.29) is 23.8 Å². The number of aryl methyl sites for hydroxylation is 2. The molecule has 9 heteroatoms. The monoisotopic (exact) mass is 437 g/mol. The Bertz CT molecular complexity index is 965. The quantitative estimate of drug-likeness (QED) is 0.388. The van der Waals surface area contributed by atoms with Gasteiger partial charge in [0.15, 0.2) is 5.16 Å². The zero-order chi connectivity index (χ0) is 21.0. The minimum absolute atomic E-state index is 0.00696. The van der Waals surface area contributed by atoms with Crippen LogP contribution in [0.2, 0.25) is 0 Å². The molecule has 1 amide bonds. The lowest BCUT2D eigenvalue weighted by molar-refractivity contribution is -0.140. The number of hydrogen-bond donors (Lipinski definition) is 1. The number of rotatable bonds is 8. The summed E-state index contributed by atoms with van der Waals surface area (Å²) in [5, 5.41) is 3.85. The molecule has 0 aliphatic heterocycles. The molecule has 0 atom stereocenters. The number of thiophene rings is 1. The maximum atomic E-state index is 13.3. The number of nitrogens with zero attached hydrogens (tertiary/aromatic N) is 2. The van der Waals surface area contributed by atoms with Crippen molar-refractivity contribution in [2.45, 2.75) is 57.7 Å². The normalized spacial score (nSPS) is 13.5. The van der Waals surface area contributed by atoms with Crippen molar-refractivity contribution < 1.29 is 14.3 Å². The van der Waals surface area contributed by atoms with Gasteiger partial charge in [0.2, 0.25) is 5.91 Å². The average Bonchev–Trinajstić information content (AvgIpc) is 3.08. The Hall–Kier alpha value is -1.87. The zero-order valence-corrected chi connectivity index (χ0v) is 18.7. The second kappa shape index (κ2) is 9.75. The van der Waals surface area contributed by atoms with Crippen LogP contribution in [0.15, 0.2) is 9.95 Å². The molecule has 0 spiro atoms. The number of esters is 1. The topological polar surface area (TPSA) is 90.3 Å². The molecule has 1 N–H and O–H groups in total. The third kappa shape index (κ3) is 5.19. The molecule has 0 bridgehead atoms. The third-order valence-corrected chi connectivity index (χ3v) is 7.12. The van der Waals surface area contributed by atoms with Crippen molar-refractivity contribution >= 4 is 45.2 Å². The van der Waals surface area contributed by atoms with Gasteiger partial charge in [-0.1, -0.05) is 25.6 Å². The summed E-state index contributed by atoms with van der Waals surface area (Å²) < 4.78 is 6.25. The predicted octanol–water partition coefficient (Wildman–Crippen LogP) is 2.76. The highest BCUT2D eigenvalue weighted by Crippen LogP contribution is 2.34. The number of amides is 1. The van der Waals surface area contributed by atoms with E-state index in [0.717, 1.165) is 42.3 Å². The molecule has 0 unspecified atom stereocenters. The largest absolute Gasteiger partial charge is 0.468 e. The van der Waals surface area contributed by atoms with Crippen LogP contribution in [-0.4, -0.2) is 40.8 Å². The fraction of sp³-hybridized carbons (Fsp3) is 0.600. The molecule has 0 radical (unpaired) electrons. The summed E-state index contributed by atoms with van der Waals surface area (Å²) in [6, 6.07) is 0. The summed E-state index contributed by atoms with van der Waals surface area (Å²) >= 11 is 2.85. The molecule has 3 rings (SSSR count). The second-order valence-corrected chi connectivity index (χ2v) is 9.59. The molecule has 2 heterocycles. The summed E-state index contributed by atoms with van der Waals surface area (Å²) in [7, 11) is 1.27. The van der Waals surface area contributed by atoms with E-state index < -0.39 is 5.97 Å². The van der Waals surface area contributed by atoms with E-state index >= 15 is 0 Å². The first kappa shape index (κ1) is 21.8. The van der Waals surface area contributed by atoms with Gasteiger partial charge >= 0.3 is 5.97 Å². The summed E-state index contributed by atoms with van der Waals surface area (Å²) in [6.07, 6.45) is 5.09. The summed E-state index contributed by atoms with van der Waals surface area (Å²) in [5.74, 6) is -0.256. The van der Waals surface area contributed by atoms with E-state index in [2.05, 4.69) is 23.9 Å². The van der Waals surface area contributed by atoms with Crippen LogP contribution in [-0.2, 0) is 33.7 Å². The number of hydrogen-bond acceptors (Lipinski definition) is 7. The van der Waals surface area contributed by atoms with Gasteiger partial charge in [-0.2, -0.15) is 0 Å². The van der Waals surface area contributed by atoms with Crippen LogP contribution in [0.3, 0.4) is 0 Å². The smallest absolute Gasteiger partial charge is 0.325 e. The predicted molar refractivity (Wildman–Crippen MR) is 116 cm³/mol. The van der Waals surface area contributed by atoms with E-state index in [9.17, 15) is 14.4 Å². The van der Waals surface area contributed by atoms with E-state index in [1.54, 1.807) is 15.9 Å². The van der Waals surface area contributed by atoms with Gasteiger partial charge in [0, 0.05) is 11.4 Å². The Morgan fingerprint density at radius 2 is 2.07 bits per heavy atom. The van der Waals surface area contributed by atoms with E-state index in [0.29, 0.717) is 17.6 Å². The van der Waals surface area contributed by atoms with Crippen LogP contribution < -0.4 is 10.9 Å². The number of fused-ring (bicyclic) bond motifs is 3. The molecule has 158 valence electrons. The summed E-state index contributed by atoms with van der Waals surface area (Å²) in [5.41, 5.74) is 1.19. The van der Waals surface area contributed by atoms with Crippen LogP contribution in [0.25, 0.3) is 10.2 Å². The van der Waals surface area contributed by atoms with Crippen molar-refractivity contribution in [1.29, 1.82) is 0 Å². The molecule has 0 fully saturated rings. The van der Waals surface area contributed by atoms with Gasteiger partial charge in [0.25, 0.3) is 5.56 Å². The standard InChI is InChI=1S/C20H27N3O4S2/c1-12(2)8-9-23-19(26)17-13-6-4-5-7-14(13)29-18(17)22-20(23)28-11-15(24)21-10-16(25)27-3/h12H,4-11H2,1-3H3,(H,21,24). The van der Waals surface area contributed by atoms with Crippen molar-refractivity contribution in [3.8, 4) is 0 Å². The molecule has 0 saturated carbocycles. The third-order valence-electron chi connectivity index (χ3n) is 4.96. The summed E-state index contributed by atoms with van der Waals surface area (Å²) in [6.45, 7) is 4.66. The summed E-state index contributed by atoms with van der Waals surface area (Å²) in [4.78, 5) is 43.4. The highest BCUT2D eigenvalue weighted by Gasteiger charge is 2.22. The number of nitrogens with one attached hydrogen (secondary N) is 1. The Balaban J connectivity index is 1.88. The molecular formula is C20H27N3O4S2. The first-order chi connectivity index (χ1) is 13.9. The van der Waals surface area contributed by atoms with Crippen LogP contribution >= 0.6 is 23.1 Å². The molecule has 0 saturated heterocycles. The number of thioether (sulfide) groups is 1. The minimum atomic E-state index is -0.499. The minimum Gasteiger partial charge on any atom is -0.468 e. The van der Waals surface area contributed by atoms with Crippen molar-refractivity contribution in [2.75, 3.05) is 19.4 Å². The van der Waals surface area contributed by atoms with Gasteiger partial charge < -0.3 is 10.1 Å². The fourth-order valence-corrected chi connectivity index (χ4v) is 5.50. The van der Waals surface area contributed by atoms with Crippen LogP contribution in [0, 0.1) is 5.92 Å². The van der Waals surface area contributed by atoms with Gasteiger partial charge in [-0.15, -0.1) is 11.3 Å². The van der Waals surface area contributed by atoms with Gasteiger partial charge in [0.05, 0.1) is 18.2 Å². The highest BCUT2D eigenvalue weighted by molar-refractivity contribution is 7.99. The lowest BCUT2D eigenvalue weighted by atomic mass is 9.97. The van der Waals surface area contributed by atoms with Crippen molar-refractivity contribution in [3.63, 3.8) is 0 Å². The Kier molecular flexibility index (Phi) is 7.34. The van der Waals surface area contributed by atoms with Crippen LogP contribution in [0.1, 0.15) is 43.6 Å². The molecule has 2 aromatic heterocycles. The Labute approximate surface area is 178 Å². The van der Waals surface area contributed by atoms with Crippen molar-refractivity contribution in [3.05, 3.63) is 20.8 Å². The highest BCUT2D eigenvalue weighted by atomic mass is 32.2. The van der Waals surface area contributed by atoms with Crippen LogP contribution in [0.4, 0.5) is 0 Å². The maximum absolute atomic E-state index is 13.3. The molecule has 1 aliphatic carbocycles. The first-order valence-corrected chi connectivity index (χ1v) is 11.7. The number of ether oxygens (including phenoxy) is 1. The van der Waals surface area contributed by atoms with E-state index in [1.165, 1.54) is 29.3 Å². The van der Waals surface area contributed by atoms with Crippen molar-refractivity contribution in [2.24, 2.45) is 5.92 Å². The maximum Gasteiger partial charge on any atom is 0.325 e. The van der Waals surface area contributed by atoms with Gasteiger partial charge in [0.1, 0.15) is 11.4 Å². The fourth-order valence-electron chi connectivity index (χ4n) is 3.34. The van der Waals surface area contributed by atoms with E-state index in [1.807, 2.05) is 0 Å². The molecular weight excluding hydrogens is 410 g/mol. The number of aromatic nitrogens is 2. The van der Waals surface area contributed by atoms with Crippen molar-refractivity contribution in [1.82, 2.24) is 14.9 Å². The van der Waals surface area contributed by atoms with Gasteiger partial charge in [-0.05, 0) is 43.6 Å². The van der Waals surface area contributed by atoms with Crippen LogP contribution in [0.5, 0.6) is 0 Å². The number of carbonyl (C=O) groups is 2. The molecule has 2 aromatic rings. The Morgan fingerprint density at radius 1 is 1.31 bits per heavy atom. The SMILES string of the molecule is COC(=O)CNC(=O)CSc1nc2sc3c(c2c(=O)n1CCC(C)C)CCCC3. The van der Waals surface area contributed by atoms with E-state index in [4.69, 9.17) is 4.98 Å². The number of methoxy groups -OCH3 is 1. The Morgan fingerprint density at radius 3 is 2.79 bits per heavy atom. The lowest BCUT2D eigenvalue weighted by Gasteiger charge is -2.14. The molecule has 0 aromatic carbocycles. The first-order valence-electron chi connectivity index (χ1n) is 9.92. The van der Waals surface area contributed by atoms with Gasteiger partial charge in [-0.3, -0.25) is 19.0 Å². The number of carbonyl (C=O) groups excluding carboxylic acids is 2. The second-order valence-electron chi connectivity index (χ2n) is 7.57.